The van der Waals surface area contributed by atoms with Crippen LogP contribution in [0.25, 0.3) is 0 Å². The van der Waals surface area contributed by atoms with E-state index in [1.54, 1.807) is 24.3 Å². The van der Waals surface area contributed by atoms with Crippen molar-refractivity contribution in [2.75, 3.05) is 11.4 Å². The van der Waals surface area contributed by atoms with Crippen LogP contribution >= 0.6 is 11.6 Å². The number of aryl methyl sites for hydroxylation is 1. The lowest BCUT2D eigenvalue weighted by molar-refractivity contribution is -0.123. The zero-order chi connectivity index (χ0) is 16.8. The van der Waals surface area contributed by atoms with Crippen molar-refractivity contribution in [3.05, 3.63) is 64.7 Å². The van der Waals surface area contributed by atoms with Crippen molar-refractivity contribution in [3.63, 3.8) is 0 Å². The summed E-state index contributed by atoms with van der Waals surface area (Å²) in [6, 6.07) is 14.8. The SMILES string of the molecule is CC(=O)N(CC(=O)NCc1ccc(C)cc1)c1cccc(Cl)c1. The van der Waals surface area contributed by atoms with E-state index in [0.29, 0.717) is 17.3 Å². The predicted octanol–water partition coefficient (Wildman–Crippen LogP) is 3.32. The van der Waals surface area contributed by atoms with Crippen LogP contribution in [-0.4, -0.2) is 18.4 Å². The molecule has 2 aromatic rings. The molecule has 120 valence electrons. The van der Waals surface area contributed by atoms with E-state index >= 15 is 0 Å². The Hall–Kier alpha value is -2.33. The highest BCUT2D eigenvalue weighted by Gasteiger charge is 2.15. The Kier molecular flexibility index (Phi) is 5.77. The largest absolute Gasteiger partial charge is 0.350 e. The second kappa shape index (κ2) is 7.79. The van der Waals surface area contributed by atoms with Crippen LogP contribution in [-0.2, 0) is 16.1 Å². The number of anilines is 1. The lowest BCUT2D eigenvalue weighted by atomic mass is 10.1. The molecule has 2 aromatic carbocycles. The first-order valence-electron chi connectivity index (χ1n) is 7.31. The van der Waals surface area contributed by atoms with Gasteiger partial charge in [0.15, 0.2) is 0 Å². The van der Waals surface area contributed by atoms with Gasteiger partial charge in [-0.1, -0.05) is 47.5 Å². The highest BCUT2D eigenvalue weighted by atomic mass is 35.5. The van der Waals surface area contributed by atoms with Crippen molar-refractivity contribution in [3.8, 4) is 0 Å². The Morgan fingerprint density at radius 1 is 1.13 bits per heavy atom. The minimum absolute atomic E-state index is 0.0401. The summed E-state index contributed by atoms with van der Waals surface area (Å²) in [6.45, 7) is 3.83. The van der Waals surface area contributed by atoms with Crippen LogP contribution < -0.4 is 10.2 Å². The second-order valence-electron chi connectivity index (χ2n) is 5.35. The topological polar surface area (TPSA) is 49.4 Å². The van der Waals surface area contributed by atoms with Gasteiger partial charge in [0.1, 0.15) is 6.54 Å². The van der Waals surface area contributed by atoms with E-state index in [-0.39, 0.29) is 18.4 Å². The minimum atomic E-state index is -0.222. The van der Waals surface area contributed by atoms with Crippen LogP contribution in [0, 0.1) is 6.92 Å². The molecule has 0 heterocycles. The van der Waals surface area contributed by atoms with Crippen molar-refractivity contribution >= 4 is 29.1 Å². The number of hydrogen-bond donors (Lipinski definition) is 1. The Balaban J connectivity index is 1.98. The Bertz CT molecular complexity index is 698. The molecule has 0 atom stereocenters. The minimum Gasteiger partial charge on any atom is -0.350 e. The summed E-state index contributed by atoms with van der Waals surface area (Å²) in [4.78, 5) is 25.3. The maximum absolute atomic E-state index is 12.1. The number of carbonyl (C=O) groups excluding carboxylic acids is 2. The van der Waals surface area contributed by atoms with Crippen LogP contribution in [0.5, 0.6) is 0 Å². The quantitative estimate of drug-likeness (QED) is 0.914. The lowest BCUT2D eigenvalue weighted by Crippen LogP contribution is -2.39. The Morgan fingerprint density at radius 3 is 2.43 bits per heavy atom. The summed E-state index contributed by atoms with van der Waals surface area (Å²) in [5.74, 6) is -0.432. The lowest BCUT2D eigenvalue weighted by Gasteiger charge is -2.21. The molecule has 0 fully saturated rings. The van der Waals surface area contributed by atoms with E-state index < -0.39 is 0 Å². The fraction of sp³-hybridized carbons (Fsp3) is 0.222. The standard InChI is InChI=1S/C18H19ClN2O2/c1-13-6-8-15(9-7-13)11-20-18(23)12-21(14(2)22)17-5-3-4-16(19)10-17/h3-10H,11-12H2,1-2H3,(H,20,23). The Labute approximate surface area is 141 Å². The number of carbonyl (C=O) groups is 2. The Morgan fingerprint density at radius 2 is 1.83 bits per heavy atom. The number of benzene rings is 2. The first-order chi connectivity index (χ1) is 11.0. The molecule has 0 aromatic heterocycles. The van der Waals surface area contributed by atoms with Crippen LogP contribution in [0.2, 0.25) is 5.02 Å². The monoisotopic (exact) mass is 330 g/mol. The van der Waals surface area contributed by atoms with E-state index in [1.165, 1.54) is 17.4 Å². The molecule has 0 saturated carbocycles. The second-order valence-corrected chi connectivity index (χ2v) is 5.78. The smallest absolute Gasteiger partial charge is 0.240 e. The molecule has 0 aliphatic rings. The molecular weight excluding hydrogens is 312 g/mol. The van der Waals surface area contributed by atoms with Gasteiger partial charge in [0.05, 0.1) is 0 Å². The fourth-order valence-corrected chi connectivity index (χ4v) is 2.32. The average Bonchev–Trinajstić information content (AvgIpc) is 2.51. The summed E-state index contributed by atoms with van der Waals surface area (Å²) in [7, 11) is 0. The molecule has 23 heavy (non-hydrogen) atoms. The van der Waals surface area contributed by atoms with Crippen LogP contribution in [0.3, 0.4) is 0 Å². The summed E-state index contributed by atoms with van der Waals surface area (Å²) in [6.07, 6.45) is 0. The zero-order valence-corrected chi connectivity index (χ0v) is 13.9. The third-order valence-electron chi connectivity index (χ3n) is 3.41. The van der Waals surface area contributed by atoms with E-state index in [9.17, 15) is 9.59 Å². The van der Waals surface area contributed by atoms with Gasteiger partial charge < -0.3 is 10.2 Å². The van der Waals surface area contributed by atoms with Gasteiger partial charge >= 0.3 is 0 Å². The molecule has 0 bridgehead atoms. The number of hydrogen-bond acceptors (Lipinski definition) is 2. The summed E-state index contributed by atoms with van der Waals surface area (Å²) in [5.41, 5.74) is 2.79. The fourth-order valence-electron chi connectivity index (χ4n) is 2.13. The third kappa shape index (κ3) is 5.11. The molecule has 0 spiro atoms. The normalized spacial score (nSPS) is 10.2. The van der Waals surface area contributed by atoms with Crippen LogP contribution in [0.1, 0.15) is 18.1 Å². The van der Waals surface area contributed by atoms with Gasteiger partial charge in [-0.2, -0.15) is 0 Å². The van der Waals surface area contributed by atoms with Gasteiger partial charge in [0.25, 0.3) is 0 Å². The molecular formula is C18H19ClN2O2. The molecule has 0 aliphatic heterocycles. The highest BCUT2D eigenvalue weighted by Crippen LogP contribution is 2.19. The van der Waals surface area contributed by atoms with Gasteiger partial charge in [-0.25, -0.2) is 0 Å². The first kappa shape index (κ1) is 17.0. The molecule has 1 N–H and O–H groups in total. The van der Waals surface area contributed by atoms with Crippen LogP contribution in [0.15, 0.2) is 48.5 Å². The number of amides is 2. The van der Waals surface area contributed by atoms with Crippen molar-refractivity contribution in [2.45, 2.75) is 20.4 Å². The number of nitrogens with zero attached hydrogens (tertiary/aromatic N) is 1. The number of rotatable bonds is 5. The molecule has 5 heteroatoms. The van der Waals surface area contributed by atoms with Crippen molar-refractivity contribution in [1.29, 1.82) is 0 Å². The summed E-state index contributed by atoms with van der Waals surface area (Å²) in [5, 5.41) is 3.34. The number of halogens is 1. The predicted molar refractivity (Wildman–Crippen MR) is 92.5 cm³/mol. The van der Waals surface area contributed by atoms with Gasteiger partial charge in [-0.15, -0.1) is 0 Å². The molecule has 0 radical (unpaired) electrons. The molecule has 4 nitrogen and oxygen atoms in total. The summed E-state index contributed by atoms with van der Waals surface area (Å²) < 4.78 is 0. The summed E-state index contributed by atoms with van der Waals surface area (Å²) >= 11 is 5.95. The van der Waals surface area contributed by atoms with Gasteiger partial charge in [-0.05, 0) is 30.7 Å². The number of nitrogens with one attached hydrogen (secondary N) is 1. The molecule has 2 rings (SSSR count). The van der Waals surface area contributed by atoms with E-state index in [1.807, 2.05) is 31.2 Å². The van der Waals surface area contributed by atoms with Gasteiger partial charge in [0, 0.05) is 24.2 Å². The first-order valence-corrected chi connectivity index (χ1v) is 7.69. The molecule has 0 aliphatic carbocycles. The van der Waals surface area contributed by atoms with Crippen molar-refractivity contribution < 1.29 is 9.59 Å². The molecule has 2 amide bonds. The van der Waals surface area contributed by atoms with Gasteiger partial charge in [-0.3, -0.25) is 9.59 Å². The maximum atomic E-state index is 12.1. The maximum Gasteiger partial charge on any atom is 0.240 e. The van der Waals surface area contributed by atoms with Crippen molar-refractivity contribution in [1.82, 2.24) is 5.32 Å². The molecule has 0 saturated heterocycles. The van der Waals surface area contributed by atoms with Crippen molar-refractivity contribution in [2.24, 2.45) is 0 Å². The van der Waals surface area contributed by atoms with Gasteiger partial charge in [0.2, 0.25) is 11.8 Å². The van der Waals surface area contributed by atoms with E-state index in [4.69, 9.17) is 11.6 Å². The average molecular weight is 331 g/mol. The van der Waals surface area contributed by atoms with E-state index in [0.717, 1.165) is 5.56 Å². The zero-order valence-electron chi connectivity index (χ0n) is 13.2. The van der Waals surface area contributed by atoms with E-state index in [2.05, 4.69) is 5.32 Å². The highest BCUT2D eigenvalue weighted by molar-refractivity contribution is 6.30. The third-order valence-corrected chi connectivity index (χ3v) is 3.65. The molecule has 0 unspecified atom stereocenters. The van der Waals surface area contributed by atoms with Crippen LogP contribution in [0.4, 0.5) is 5.69 Å².